The number of likely N-dealkylation sites (tertiary alicyclic amines) is 1. The molecule has 0 aromatic heterocycles. The summed E-state index contributed by atoms with van der Waals surface area (Å²) in [5, 5.41) is 15.6. The van der Waals surface area contributed by atoms with Crippen LogP contribution in [0.15, 0.2) is 36.4 Å². The van der Waals surface area contributed by atoms with Crippen molar-refractivity contribution in [3.05, 3.63) is 68.2 Å². The molecule has 0 saturated carbocycles. The summed E-state index contributed by atoms with van der Waals surface area (Å²) in [7, 11) is 0. The molecule has 0 bridgehead atoms. The van der Waals surface area contributed by atoms with Crippen molar-refractivity contribution in [3.8, 4) is 0 Å². The summed E-state index contributed by atoms with van der Waals surface area (Å²) >= 11 is 6.29. The quantitative estimate of drug-likeness (QED) is 0.556. The minimum Gasteiger partial charge on any atom is -0.384 e. The first-order chi connectivity index (χ1) is 14.5. The van der Waals surface area contributed by atoms with Crippen LogP contribution in [0.3, 0.4) is 0 Å². The Kier molecular flexibility index (Phi) is 6.20. The van der Waals surface area contributed by atoms with E-state index in [0.717, 1.165) is 49.6 Å². The number of carbonyl (C=O) groups is 1. The van der Waals surface area contributed by atoms with Crippen LogP contribution in [-0.2, 0) is 13.0 Å². The van der Waals surface area contributed by atoms with Gasteiger partial charge in [-0.15, -0.1) is 0 Å². The van der Waals surface area contributed by atoms with Gasteiger partial charge in [0.1, 0.15) is 5.56 Å². The molecule has 1 saturated heterocycles. The molecule has 8 heteroatoms. The SMILES string of the molecule is O=C(c1cc(NCCN2CCc3c(Cl)cccc3C2)ccc1[N+](=O)[O-])N1CCCC1. The zero-order valence-electron chi connectivity index (χ0n) is 16.8. The first kappa shape index (κ1) is 20.6. The zero-order valence-corrected chi connectivity index (χ0v) is 17.5. The topological polar surface area (TPSA) is 78.7 Å². The molecule has 2 heterocycles. The number of fused-ring (bicyclic) bond motifs is 1. The van der Waals surface area contributed by atoms with Gasteiger partial charge in [-0.3, -0.25) is 19.8 Å². The lowest BCUT2D eigenvalue weighted by atomic mass is 10.00. The van der Waals surface area contributed by atoms with E-state index < -0.39 is 4.92 Å². The summed E-state index contributed by atoms with van der Waals surface area (Å²) in [4.78, 5) is 27.7. The molecule has 1 fully saturated rings. The molecule has 158 valence electrons. The number of nitro benzene ring substituents is 1. The van der Waals surface area contributed by atoms with Gasteiger partial charge in [-0.05, 0) is 48.6 Å². The Morgan fingerprint density at radius 1 is 1.17 bits per heavy atom. The van der Waals surface area contributed by atoms with Crippen LogP contribution in [0.2, 0.25) is 5.02 Å². The van der Waals surface area contributed by atoms with Crippen LogP contribution in [0.4, 0.5) is 11.4 Å². The maximum atomic E-state index is 12.8. The second-order valence-corrected chi connectivity index (χ2v) is 8.23. The molecule has 2 aliphatic heterocycles. The number of nitro groups is 1. The van der Waals surface area contributed by atoms with E-state index in [-0.39, 0.29) is 17.2 Å². The molecule has 1 N–H and O–H groups in total. The Labute approximate surface area is 180 Å². The third-order valence-corrected chi connectivity index (χ3v) is 6.22. The number of nitrogens with one attached hydrogen (secondary N) is 1. The molecular formula is C22H25ClN4O3. The van der Waals surface area contributed by atoms with Crippen LogP contribution in [-0.4, -0.2) is 53.4 Å². The van der Waals surface area contributed by atoms with Gasteiger partial charge in [0.05, 0.1) is 4.92 Å². The number of carbonyl (C=O) groups excluding carboxylic acids is 1. The third-order valence-electron chi connectivity index (χ3n) is 5.86. The van der Waals surface area contributed by atoms with Gasteiger partial charge < -0.3 is 10.2 Å². The minimum atomic E-state index is -0.483. The van der Waals surface area contributed by atoms with Crippen molar-refractivity contribution in [1.29, 1.82) is 0 Å². The maximum absolute atomic E-state index is 12.8. The van der Waals surface area contributed by atoms with Gasteiger partial charge in [-0.1, -0.05) is 23.7 Å². The fourth-order valence-electron chi connectivity index (χ4n) is 4.24. The summed E-state index contributed by atoms with van der Waals surface area (Å²) in [6.45, 7) is 4.64. The lowest BCUT2D eigenvalue weighted by Crippen LogP contribution is -2.34. The van der Waals surface area contributed by atoms with Crippen LogP contribution < -0.4 is 5.32 Å². The van der Waals surface area contributed by atoms with Crippen molar-refractivity contribution in [3.63, 3.8) is 0 Å². The highest BCUT2D eigenvalue weighted by atomic mass is 35.5. The molecule has 2 aromatic rings. The number of hydrogen-bond acceptors (Lipinski definition) is 5. The summed E-state index contributed by atoms with van der Waals surface area (Å²) in [6.07, 6.45) is 2.82. The van der Waals surface area contributed by atoms with Crippen molar-refractivity contribution in [1.82, 2.24) is 9.80 Å². The number of amides is 1. The largest absolute Gasteiger partial charge is 0.384 e. The molecule has 7 nitrogen and oxygen atoms in total. The molecule has 30 heavy (non-hydrogen) atoms. The summed E-state index contributed by atoms with van der Waals surface area (Å²) < 4.78 is 0. The van der Waals surface area contributed by atoms with E-state index in [1.165, 1.54) is 17.2 Å². The van der Waals surface area contributed by atoms with Crippen molar-refractivity contribution in [2.75, 3.05) is 38.0 Å². The van der Waals surface area contributed by atoms with Gasteiger partial charge in [0.15, 0.2) is 0 Å². The molecule has 0 aliphatic carbocycles. The number of nitrogens with zero attached hydrogens (tertiary/aromatic N) is 3. The van der Waals surface area contributed by atoms with E-state index in [1.807, 2.05) is 12.1 Å². The van der Waals surface area contributed by atoms with Gasteiger partial charge in [-0.25, -0.2) is 0 Å². The number of anilines is 1. The smallest absolute Gasteiger partial charge is 0.282 e. The van der Waals surface area contributed by atoms with Gasteiger partial charge in [0.2, 0.25) is 0 Å². The fourth-order valence-corrected chi connectivity index (χ4v) is 4.53. The standard InChI is InChI=1S/C22H25ClN4O3/c23-20-5-3-4-16-15-25(12-8-18(16)20)13-9-24-17-6-7-21(27(29)30)19(14-17)22(28)26-10-1-2-11-26/h3-7,14,24H,1-2,8-13,15H2. The van der Waals surface area contributed by atoms with E-state index in [9.17, 15) is 14.9 Å². The Hall–Kier alpha value is -2.64. The number of benzene rings is 2. The Morgan fingerprint density at radius 3 is 2.73 bits per heavy atom. The average Bonchev–Trinajstić information content (AvgIpc) is 3.28. The summed E-state index contributed by atoms with van der Waals surface area (Å²) in [5.74, 6) is -0.257. The first-order valence-corrected chi connectivity index (χ1v) is 10.7. The number of hydrogen-bond donors (Lipinski definition) is 1. The second kappa shape index (κ2) is 9.02. The zero-order chi connectivity index (χ0) is 21.1. The van der Waals surface area contributed by atoms with E-state index in [2.05, 4.69) is 16.3 Å². The molecule has 4 rings (SSSR count). The Morgan fingerprint density at radius 2 is 1.97 bits per heavy atom. The second-order valence-electron chi connectivity index (χ2n) is 7.82. The number of halogens is 1. The Balaban J connectivity index is 1.39. The van der Waals surface area contributed by atoms with E-state index >= 15 is 0 Å². The molecular weight excluding hydrogens is 404 g/mol. The van der Waals surface area contributed by atoms with Crippen molar-refractivity contribution in [2.45, 2.75) is 25.8 Å². The summed E-state index contributed by atoms with van der Waals surface area (Å²) in [5.41, 5.74) is 3.26. The predicted octanol–water partition coefficient (Wildman–Crippen LogP) is 3.95. The monoisotopic (exact) mass is 428 g/mol. The molecule has 2 aromatic carbocycles. The summed E-state index contributed by atoms with van der Waals surface area (Å²) in [6, 6.07) is 10.7. The average molecular weight is 429 g/mol. The van der Waals surface area contributed by atoms with Crippen molar-refractivity contribution in [2.24, 2.45) is 0 Å². The lowest BCUT2D eigenvalue weighted by Gasteiger charge is -2.29. The molecule has 1 amide bonds. The molecule has 2 aliphatic rings. The highest BCUT2D eigenvalue weighted by Crippen LogP contribution is 2.27. The minimum absolute atomic E-state index is 0.137. The van der Waals surface area contributed by atoms with Gasteiger partial charge in [0.25, 0.3) is 11.6 Å². The lowest BCUT2D eigenvalue weighted by molar-refractivity contribution is -0.385. The van der Waals surface area contributed by atoms with E-state index in [4.69, 9.17) is 11.6 Å². The van der Waals surface area contributed by atoms with Crippen LogP contribution in [0.25, 0.3) is 0 Å². The third kappa shape index (κ3) is 4.42. The van der Waals surface area contributed by atoms with Gasteiger partial charge in [0, 0.05) is 56.0 Å². The first-order valence-electron chi connectivity index (χ1n) is 10.3. The molecule has 0 spiro atoms. The van der Waals surface area contributed by atoms with Crippen LogP contribution in [0, 0.1) is 10.1 Å². The highest BCUT2D eigenvalue weighted by Gasteiger charge is 2.27. The molecule has 0 radical (unpaired) electrons. The van der Waals surface area contributed by atoms with Crippen LogP contribution in [0.1, 0.15) is 34.3 Å². The van der Waals surface area contributed by atoms with Crippen LogP contribution >= 0.6 is 11.6 Å². The Bertz CT molecular complexity index is 959. The molecule has 0 unspecified atom stereocenters. The van der Waals surface area contributed by atoms with E-state index in [0.29, 0.717) is 19.6 Å². The van der Waals surface area contributed by atoms with Crippen molar-refractivity contribution >= 4 is 28.9 Å². The van der Waals surface area contributed by atoms with Gasteiger partial charge >= 0.3 is 0 Å². The fraction of sp³-hybridized carbons (Fsp3) is 0.409. The van der Waals surface area contributed by atoms with E-state index in [1.54, 1.807) is 17.0 Å². The molecule has 0 atom stereocenters. The van der Waals surface area contributed by atoms with Gasteiger partial charge in [-0.2, -0.15) is 0 Å². The van der Waals surface area contributed by atoms with Crippen molar-refractivity contribution < 1.29 is 9.72 Å². The predicted molar refractivity (Wildman–Crippen MR) is 117 cm³/mol. The van der Waals surface area contributed by atoms with Crippen LogP contribution in [0.5, 0.6) is 0 Å². The maximum Gasteiger partial charge on any atom is 0.282 e. The number of rotatable bonds is 6. The normalized spacial score (nSPS) is 16.4. The highest BCUT2D eigenvalue weighted by molar-refractivity contribution is 6.31.